The topological polar surface area (TPSA) is 67.6 Å². The SMILES string of the molecule is O=C(C[C@@H]1OC[C@@H]2CN(Cc3ccco3)CC[C@@H]21)Nc1cccnc1. The summed E-state index contributed by atoms with van der Waals surface area (Å²) in [6.45, 7) is 3.62. The van der Waals surface area contributed by atoms with Crippen LogP contribution in [0.4, 0.5) is 5.69 Å². The number of hydrogen-bond donors (Lipinski definition) is 1. The molecule has 2 aliphatic rings. The second kappa shape index (κ2) is 7.37. The molecule has 2 saturated heterocycles. The number of carbonyl (C=O) groups excluding carboxylic acids is 1. The molecule has 0 radical (unpaired) electrons. The minimum atomic E-state index is -0.00309. The van der Waals surface area contributed by atoms with Crippen molar-refractivity contribution in [3.05, 3.63) is 48.7 Å². The Balaban J connectivity index is 1.29. The number of ether oxygens (including phenoxy) is 1. The number of aromatic nitrogens is 1. The van der Waals surface area contributed by atoms with E-state index in [2.05, 4.69) is 15.2 Å². The smallest absolute Gasteiger partial charge is 0.227 e. The molecule has 2 aromatic rings. The van der Waals surface area contributed by atoms with Crippen LogP contribution in [0, 0.1) is 11.8 Å². The number of nitrogens with one attached hydrogen (secondary N) is 1. The lowest BCUT2D eigenvalue weighted by atomic mass is 9.83. The van der Waals surface area contributed by atoms with Gasteiger partial charge in [0.1, 0.15) is 5.76 Å². The van der Waals surface area contributed by atoms with Gasteiger partial charge in [-0.25, -0.2) is 0 Å². The molecule has 0 unspecified atom stereocenters. The van der Waals surface area contributed by atoms with Crippen LogP contribution in [-0.4, -0.2) is 41.6 Å². The fraction of sp³-hybridized carbons (Fsp3) is 0.474. The lowest BCUT2D eigenvalue weighted by molar-refractivity contribution is -0.118. The molecular formula is C19H23N3O3. The van der Waals surface area contributed by atoms with Gasteiger partial charge in [-0.2, -0.15) is 0 Å². The van der Waals surface area contributed by atoms with Gasteiger partial charge in [-0.05, 0) is 43.1 Å². The molecule has 6 nitrogen and oxygen atoms in total. The Hall–Kier alpha value is -2.18. The number of furan rings is 1. The number of hydrogen-bond acceptors (Lipinski definition) is 5. The Morgan fingerprint density at radius 3 is 3.12 bits per heavy atom. The highest BCUT2D eigenvalue weighted by Gasteiger charge is 2.41. The summed E-state index contributed by atoms with van der Waals surface area (Å²) in [4.78, 5) is 18.7. The third-order valence-corrected chi connectivity index (χ3v) is 5.17. The van der Waals surface area contributed by atoms with Crippen LogP contribution in [0.3, 0.4) is 0 Å². The van der Waals surface area contributed by atoms with E-state index in [0.717, 1.165) is 44.1 Å². The first-order chi connectivity index (χ1) is 12.3. The van der Waals surface area contributed by atoms with Crippen molar-refractivity contribution in [3.63, 3.8) is 0 Å². The summed E-state index contributed by atoms with van der Waals surface area (Å²) in [6, 6.07) is 7.60. The van der Waals surface area contributed by atoms with Gasteiger partial charge in [-0.3, -0.25) is 14.7 Å². The quantitative estimate of drug-likeness (QED) is 0.905. The van der Waals surface area contributed by atoms with Crippen LogP contribution < -0.4 is 5.32 Å². The van der Waals surface area contributed by atoms with Gasteiger partial charge >= 0.3 is 0 Å². The molecule has 1 N–H and O–H groups in total. The molecular weight excluding hydrogens is 318 g/mol. The van der Waals surface area contributed by atoms with Crippen LogP contribution in [0.2, 0.25) is 0 Å². The zero-order valence-corrected chi connectivity index (χ0v) is 14.1. The average Bonchev–Trinajstić information content (AvgIpc) is 3.26. The largest absolute Gasteiger partial charge is 0.468 e. The maximum Gasteiger partial charge on any atom is 0.227 e. The van der Waals surface area contributed by atoms with E-state index in [9.17, 15) is 4.79 Å². The predicted octanol–water partition coefficient (Wildman–Crippen LogP) is 2.54. The van der Waals surface area contributed by atoms with Crippen LogP contribution in [0.5, 0.6) is 0 Å². The van der Waals surface area contributed by atoms with Gasteiger partial charge in [0.25, 0.3) is 0 Å². The molecule has 1 amide bonds. The third kappa shape index (κ3) is 3.91. The number of nitrogens with zero attached hydrogens (tertiary/aromatic N) is 2. The molecule has 6 heteroatoms. The number of fused-ring (bicyclic) bond motifs is 1. The fourth-order valence-electron chi connectivity index (χ4n) is 3.97. The van der Waals surface area contributed by atoms with E-state index in [1.807, 2.05) is 24.3 Å². The molecule has 0 aliphatic carbocycles. The van der Waals surface area contributed by atoms with Crippen molar-refractivity contribution in [1.29, 1.82) is 0 Å². The van der Waals surface area contributed by atoms with Crippen molar-refractivity contribution in [2.24, 2.45) is 11.8 Å². The van der Waals surface area contributed by atoms with Crippen LogP contribution in [0.1, 0.15) is 18.6 Å². The highest BCUT2D eigenvalue weighted by molar-refractivity contribution is 5.90. The number of piperidine rings is 1. The van der Waals surface area contributed by atoms with Crippen molar-refractivity contribution in [2.45, 2.75) is 25.5 Å². The van der Waals surface area contributed by atoms with Crippen molar-refractivity contribution in [3.8, 4) is 0 Å². The standard InChI is InChI=1S/C19H23N3O3/c23-19(21-15-3-1-6-20-10-15)9-18-17-5-7-22(11-14(17)13-25-18)12-16-4-2-8-24-16/h1-4,6,8,10,14,17-18H,5,7,9,11-13H2,(H,21,23)/t14-,17-,18-/m0/s1. The highest BCUT2D eigenvalue weighted by Crippen LogP contribution is 2.36. The van der Waals surface area contributed by atoms with Gasteiger partial charge in [0.2, 0.25) is 5.91 Å². The molecule has 2 aromatic heterocycles. The van der Waals surface area contributed by atoms with Crippen molar-refractivity contribution < 1.29 is 13.9 Å². The van der Waals surface area contributed by atoms with Crippen LogP contribution in [0.15, 0.2) is 47.3 Å². The summed E-state index contributed by atoms with van der Waals surface area (Å²) >= 11 is 0. The molecule has 2 fully saturated rings. The summed E-state index contributed by atoms with van der Waals surface area (Å²) in [5.74, 6) is 1.97. The zero-order chi connectivity index (χ0) is 17.1. The minimum Gasteiger partial charge on any atom is -0.468 e. The van der Waals surface area contributed by atoms with E-state index in [1.54, 1.807) is 18.7 Å². The molecule has 0 spiro atoms. The van der Waals surface area contributed by atoms with E-state index >= 15 is 0 Å². The molecule has 132 valence electrons. The first-order valence-electron chi connectivity index (χ1n) is 8.84. The molecule has 2 aliphatic heterocycles. The number of carbonyl (C=O) groups is 1. The van der Waals surface area contributed by atoms with E-state index in [1.165, 1.54) is 0 Å². The van der Waals surface area contributed by atoms with Gasteiger partial charge in [-0.1, -0.05) is 0 Å². The summed E-state index contributed by atoms with van der Waals surface area (Å²) in [7, 11) is 0. The number of amides is 1. The average molecular weight is 341 g/mol. The van der Waals surface area contributed by atoms with E-state index in [-0.39, 0.29) is 12.0 Å². The Kier molecular flexibility index (Phi) is 4.81. The predicted molar refractivity (Wildman–Crippen MR) is 92.8 cm³/mol. The Bertz CT molecular complexity index is 689. The van der Waals surface area contributed by atoms with E-state index in [4.69, 9.17) is 9.15 Å². The molecule has 4 heterocycles. The summed E-state index contributed by atoms with van der Waals surface area (Å²) < 4.78 is 11.4. The summed E-state index contributed by atoms with van der Waals surface area (Å²) in [5.41, 5.74) is 0.732. The van der Waals surface area contributed by atoms with Crippen LogP contribution in [-0.2, 0) is 16.1 Å². The van der Waals surface area contributed by atoms with Crippen molar-refractivity contribution in [1.82, 2.24) is 9.88 Å². The maximum atomic E-state index is 12.3. The van der Waals surface area contributed by atoms with Crippen LogP contribution >= 0.6 is 0 Å². The third-order valence-electron chi connectivity index (χ3n) is 5.17. The van der Waals surface area contributed by atoms with E-state index < -0.39 is 0 Å². The highest BCUT2D eigenvalue weighted by atomic mass is 16.5. The molecule has 0 bridgehead atoms. The second-order valence-electron chi connectivity index (χ2n) is 6.89. The van der Waals surface area contributed by atoms with Gasteiger partial charge < -0.3 is 14.5 Å². The van der Waals surface area contributed by atoms with Gasteiger partial charge in [0, 0.05) is 18.7 Å². The minimum absolute atomic E-state index is 0.00309. The molecule has 0 saturated carbocycles. The first-order valence-corrected chi connectivity index (χ1v) is 8.84. The van der Waals surface area contributed by atoms with Gasteiger partial charge in [0.05, 0.1) is 43.8 Å². The number of likely N-dealkylation sites (tertiary alicyclic amines) is 1. The van der Waals surface area contributed by atoms with Crippen molar-refractivity contribution in [2.75, 3.05) is 25.0 Å². The van der Waals surface area contributed by atoms with Crippen molar-refractivity contribution >= 4 is 11.6 Å². The lowest BCUT2D eigenvalue weighted by Crippen LogP contribution is -2.41. The lowest BCUT2D eigenvalue weighted by Gasteiger charge is -2.35. The normalized spacial score (nSPS) is 26.3. The van der Waals surface area contributed by atoms with Crippen LogP contribution in [0.25, 0.3) is 0 Å². The Morgan fingerprint density at radius 2 is 2.32 bits per heavy atom. The number of rotatable bonds is 5. The van der Waals surface area contributed by atoms with Gasteiger partial charge in [-0.15, -0.1) is 0 Å². The first kappa shape index (κ1) is 16.3. The monoisotopic (exact) mass is 341 g/mol. The zero-order valence-electron chi connectivity index (χ0n) is 14.1. The Labute approximate surface area is 147 Å². The fourth-order valence-corrected chi connectivity index (χ4v) is 3.97. The molecule has 4 rings (SSSR count). The Morgan fingerprint density at radius 1 is 1.36 bits per heavy atom. The number of anilines is 1. The van der Waals surface area contributed by atoms with E-state index in [0.29, 0.717) is 18.3 Å². The molecule has 0 aromatic carbocycles. The van der Waals surface area contributed by atoms with Gasteiger partial charge in [0.15, 0.2) is 0 Å². The second-order valence-corrected chi connectivity index (χ2v) is 6.89. The molecule has 25 heavy (non-hydrogen) atoms. The summed E-state index contributed by atoms with van der Waals surface area (Å²) in [6.07, 6.45) is 6.56. The molecule has 3 atom stereocenters. The summed E-state index contributed by atoms with van der Waals surface area (Å²) in [5, 5.41) is 2.90. The number of pyridine rings is 1. The maximum absolute atomic E-state index is 12.3.